The van der Waals surface area contributed by atoms with Crippen LogP contribution >= 0.6 is 23.2 Å². The van der Waals surface area contributed by atoms with Crippen molar-refractivity contribution >= 4 is 34.6 Å². The first-order chi connectivity index (χ1) is 8.56. The second-order valence-corrected chi connectivity index (χ2v) is 4.90. The maximum absolute atomic E-state index is 6.18. The van der Waals surface area contributed by atoms with Gasteiger partial charge in [0, 0.05) is 19.8 Å². The quantitative estimate of drug-likeness (QED) is 0.909. The number of nitrogens with zero attached hydrogens (tertiary/aromatic N) is 1. The van der Waals surface area contributed by atoms with Gasteiger partial charge in [-0.3, -0.25) is 0 Å². The van der Waals surface area contributed by atoms with Crippen molar-refractivity contribution in [3.05, 3.63) is 46.3 Å². The Morgan fingerprint density at radius 3 is 2.50 bits per heavy atom. The van der Waals surface area contributed by atoms with Crippen LogP contribution in [0.2, 0.25) is 10.2 Å². The standard InChI is InChI=1S/C13H14Cl2N2O/c1-17(2)12-5-3-9(7-11(12)14)16-8-10-4-6-13(15)18-10/h3-7,16H,8H2,1-2H3. The van der Waals surface area contributed by atoms with Crippen molar-refractivity contribution < 1.29 is 4.42 Å². The van der Waals surface area contributed by atoms with Gasteiger partial charge in [0.1, 0.15) is 5.76 Å². The number of anilines is 2. The molecule has 0 aliphatic heterocycles. The average Bonchev–Trinajstić information content (AvgIpc) is 2.72. The van der Waals surface area contributed by atoms with Crippen molar-refractivity contribution in [2.75, 3.05) is 24.3 Å². The van der Waals surface area contributed by atoms with Crippen molar-refractivity contribution in [3.63, 3.8) is 0 Å². The Balaban J connectivity index is 2.04. The minimum absolute atomic E-state index is 0.396. The summed E-state index contributed by atoms with van der Waals surface area (Å²) in [5, 5.41) is 4.33. The number of benzene rings is 1. The fourth-order valence-corrected chi connectivity index (χ4v) is 2.13. The minimum atomic E-state index is 0.396. The smallest absolute Gasteiger partial charge is 0.193 e. The summed E-state index contributed by atoms with van der Waals surface area (Å²) in [6, 6.07) is 9.40. The molecule has 0 saturated carbocycles. The third kappa shape index (κ3) is 3.12. The van der Waals surface area contributed by atoms with Crippen molar-refractivity contribution in [2.45, 2.75) is 6.54 Å². The number of halogens is 2. The van der Waals surface area contributed by atoms with Crippen LogP contribution in [0.3, 0.4) is 0 Å². The molecule has 1 aromatic carbocycles. The predicted molar refractivity (Wildman–Crippen MR) is 76.8 cm³/mol. The molecule has 96 valence electrons. The van der Waals surface area contributed by atoms with E-state index in [2.05, 4.69) is 5.32 Å². The van der Waals surface area contributed by atoms with E-state index >= 15 is 0 Å². The molecule has 0 unspecified atom stereocenters. The first-order valence-electron chi connectivity index (χ1n) is 5.51. The van der Waals surface area contributed by atoms with Crippen LogP contribution in [0.15, 0.2) is 34.7 Å². The number of hydrogen-bond acceptors (Lipinski definition) is 3. The van der Waals surface area contributed by atoms with E-state index in [9.17, 15) is 0 Å². The molecule has 1 N–H and O–H groups in total. The number of rotatable bonds is 4. The fraction of sp³-hybridized carbons (Fsp3) is 0.231. The van der Waals surface area contributed by atoms with Crippen LogP contribution in [0.4, 0.5) is 11.4 Å². The van der Waals surface area contributed by atoms with Gasteiger partial charge >= 0.3 is 0 Å². The first kappa shape index (κ1) is 13.1. The monoisotopic (exact) mass is 284 g/mol. The molecule has 1 heterocycles. The highest BCUT2D eigenvalue weighted by Crippen LogP contribution is 2.27. The maximum atomic E-state index is 6.18. The molecule has 2 aromatic rings. The molecule has 5 heteroatoms. The summed E-state index contributed by atoms with van der Waals surface area (Å²) < 4.78 is 5.26. The van der Waals surface area contributed by atoms with E-state index in [1.807, 2.05) is 43.3 Å². The Kier molecular flexibility index (Phi) is 4.04. The fourth-order valence-electron chi connectivity index (χ4n) is 1.62. The van der Waals surface area contributed by atoms with Gasteiger partial charge in [0.05, 0.1) is 17.3 Å². The Bertz CT molecular complexity index is 538. The third-order valence-corrected chi connectivity index (χ3v) is 3.03. The van der Waals surface area contributed by atoms with Crippen molar-refractivity contribution in [1.29, 1.82) is 0 Å². The molecule has 0 atom stereocenters. The Morgan fingerprint density at radius 2 is 1.94 bits per heavy atom. The molecule has 0 radical (unpaired) electrons. The van der Waals surface area contributed by atoms with E-state index in [1.165, 1.54) is 0 Å². The first-order valence-corrected chi connectivity index (χ1v) is 6.27. The van der Waals surface area contributed by atoms with Gasteiger partial charge in [-0.25, -0.2) is 0 Å². The Morgan fingerprint density at radius 1 is 1.17 bits per heavy atom. The summed E-state index contributed by atoms with van der Waals surface area (Å²) in [6.07, 6.45) is 0. The molecule has 0 saturated heterocycles. The van der Waals surface area contributed by atoms with Gasteiger partial charge in [-0.15, -0.1) is 0 Å². The SMILES string of the molecule is CN(C)c1ccc(NCc2ccc(Cl)o2)cc1Cl. The van der Waals surface area contributed by atoms with Crippen LogP contribution in [0.25, 0.3) is 0 Å². The number of hydrogen-bond donors (Lipinski definition) is 1. The molecular weight excluding hydrogens is 271 g/mol. The number of furan rings is 1. The van der Waals surface area contributed by atoms with Crippen LogP contribution in [0.1, 0.15) is 5.76 Å². The van der Waals surface area contributed by atoms with E-state index < -0.39 is 0 Å². The average molecular weight is 285 g/mol. The van der Waals surface area contributed by atoms with Crippen molar-refractivity contribution in [3.8, 4) is 0 Å². The molecule has 1 aromatic heterocycles. The van der Waals surface area contributed by atoms with Crippen LogP contribution < -0.4 is 10.2 Å². The van der Waals surface area contributed by atoms with Crippen LogP contribution in [-0.2, 0) is 6.54 Å². The third-order valence-electron chi connectivity index (χ3n) is 2.53. The highest BCUT2D eigenvalue weighted by Gasteiger charge is 2.04. The normalized spacial score (nSPS) is 10.4. The lowest BCUT2D eigenvalue weighted by Crippen LogP contribution is -2.09. The highest BCUT2D eigenvalue weighted by atomic mass is 35.5. The van der Waals surface area contributed by atoms with Gasteiger partial charge in [-0.05, 0) is 41.9 Å². The number of nitrogens with one attached hydrogen (secondary N) is 1. The zero-order valence-corrected chi connectivity index (χ0v) is 11.7. The lowest BCUT2D eigenvalue weighted by atomic mass is 10.2. The summed E-state index contributed by atoms with van der Waals surface area (Å²) in [5.41, 5.74) is 1.93. The summed E-state index contributed by atoms with van der Waals surface area (Å²) in [4.78, 5) is 1.97. The lowest BCUT2D eigenvalue weighted by Gasteiger charge is -2.15. The second-order valence-electron chi connectivity index (χ2n) is 4.12. The zero-order chi connectivity index (χ0) is 13.1. The molecule has 3 nitrogen and oxygen atoms in total. The Labute approximate surface area is 116 Å². The van der Waals surface area contributed by atoms with E-state index in [0.29, 0.717) is 16.8 Å². The molecular formula is C13H14Cl2N2O. The van der Waals surface area contributed by atoms with E-state index in [4.69, 9.17) is 27.6 Å². The van der Waals surface area contributed by atoms with Gasteiger partial charge in [-0.1, -0.05) is 11.6 Å². The van der Waals surface area contributed by atoms with Gasteiger partial charge in [-0.2, -0.15) is 0 Å². The van der Waals surface area contributed by atoms with Gasteiger partial charge in [0.15, 0.2) is 5.22 Å². The van der Waals surface area contributed by atoms with E-state index in [0.717, 1.165) is 17.1 Å². The molecule has 0 bridgehead atoms. The van der Waals surface area contributed by atoms with Crippen LogP contribution in [-0.4, -0.2) is 14.1 Å². The molecule has 0 aliphatic carbocycles. The van der Waals surface area contributed by atoms with Crippen molar-refractivity contribution in [1.82, 2.24) is 0 Å². The lowest BCUT2D eigenvalue weighted by molar-refractivity contribution is 0.520. The van der Waals surface area contributed by atoms with E-state index in [-0.39, 0.29) is 0 Å². The van der Waals surface area contributed by atoms with Gasteiger partial charge in [0.2, 0.25) is 0 Å². The summed E-state index contributed by atoms with van der Waals surface area (Å²) in [7, 11) is 3.92. The molecule has 18 heavy (non-hydrogen) atoms. The summed E-state index contributed by atoms with van der Waals surface area (Å²) in [6.45, 7) is 0.574. The van der Waals surface area contributed by atoms with E-state index in [1.54, 1.807) is 6.07 Å². The molecule has 0 fully saturated rings. The largest absolute Gasteiger partial charge is 0.448 e. The predicted octanol–water partition coefficient (Wildman–Crippen LogP) is 4.26. The molecule has 0 amide bonds. The van der Waals surface area contributed by atoms with Gasteiger partial charge in [0.25, 0.3) is 0 Å². The topological polar surface area (TPSA) is 28.4 Å². The molecule has 0 aliphatic rings. The minimum Gasteiger partial charge on any atom is -0.448 e. The van der Waals surface area contributed by atoms with Crippen LogP contribution in [0.5, 0.6) is 0 Å². The van der Waals surface area contributed by atoms with Crippen molar-refractivity contribution in [2.24, 2.45) is 0 Å². The van der Waals surface area contributed by atoms with Crippen LogP contribution in [0, 0.1) is 0 Å². The second kappa shape index (κ2) is 5.55. The summed E-state index contributed by atoms with van der Waals surface area (Å²) in [5.74, 6) is 0.785. The highest BCUT2D eigenvalue weighted by molar-refractivity contribution is 6.33. The summed E-state index contributed by atoms with van der Waals surface area (Å²) >= 11 is 11.9. The molecule has 2 rings (SSSR count). The Hall–Kier alpha value is -1.32. The van der Waals surface area contributed by atoms with Gasteiger partial charge < -0.3 is 14.6 Å². The molecule has 0 spiro atoms. The zero-order valence-electron chi connectivity index (χ0n) is 10.2. The maximum Gasteiger partial charge on any atom is 0.193 e.